The molecule has 0 aliphatic rings. The molecule has 80 valence electrons. The normalized spacial score (nSPS) is 13.6. The summed E-state index contributed by atoms with van der Waals surface area (Å²) in [6.07, 6.45) is 0. The number of hydrogen-bond acceptors (Lipinski definition) is 3. The number of ether oxygens (including phenoxy) is 1. The maximum atomic E-state index is 5.28. The van der Waals surface area contributed by atoms with Crippen LogP contribution in [0.3, 0.4) is 0 Å². The van der Waals surface area contributed by atoms with E-state index in [9.17, 15) is 0 Å². The molecule has 0 saturated heterocycles. The molecular formula is C10H24N2O. The van der Waals surface area contributed by atoms with Crippen molar-refractivity contribution >= 4 is 0 Å². The summed E-state index contributed by atoms with van der Waals surface area (Å²) in [6, 6.07) is 0.566. The molecule has 0 radical (unpaired) electrons. The van der Waals surface area contributed by atoms with Crippen LogP contribution in [0, 0.1) is 0 Å². The van der Waals surface area contributed by atoms with E-state index in [0.717, 1.165) is 32.8 Å². The van der Waals surface area contributed by atoms with Gasteiger partial charge in [-0.1, -0.05) is 6.92 Å². The molecule has 0 spiro atoms. The van der Waals surface area contributed by atoms with Gasteiger partial charge in [-0.05, 0) is 27.4 Å². The summed E-state index contributed by atoms with van der Waals surface area (Å²) in [5.74, 6) is 0. The second kappa shape index (κ2) is 8.48. The van der Waals surface area contributed by atoms with E-state index in [4.69, 9.17) is 4.74 Å². The van der Waals surface area contributed by atoms with Gasteiger partial charge < -0.3 is 15.0 Å². The van der Waals surface area contributed by atoms with Crippen LogP contribution in [-0.4, -0.2) is 50.8 Å². The Bertz CT molecular complexity index is 109. The molecule has 0 aliphatic carbocycles. The molecule has 0 amide bonds. The largest absolute Gasteiger partial charge is 0.380 e. The van der Waals surface area contributed by atoms with Gasteiger partial charge in [0, 0.05) is 25.7 Å². The van der Waals surface area contributed by atoms with Gasteiger partial charge in [-0.15, -0.1) is 0 Å². The van der Waals surface area contributed by atoms with Gasteiger partial charge in [0.2, 0.25) is 0 Å². The third-order valence-corrected chi connectivity index (χ3v) is 1.96. The van der Waals surface area contributed by atoms with Gasteiger partial charge in [0.05, 0.1) is 6.61 Å². The Morgan fingerprint density at radius 1 is 1.38 bits per heavy atom. The standard InChI is InChI=1S/C10H24N2O/c1-5-11-10(3)9-12(4)7-8-13-6-2/h10-11H,5-9H2,1-4H3. The van der Waals surface area contributed by atoms with Crippen molar-refractivity contribution in [3.8, 4) is 0 Å². The van der Waals surface area contributed by atoms with Crippen molar-refractivity contribution < 1.29 is 4.74 Å². The molecule has 0 heterocycles. The maximum absolute atomic E-state index is 5.28. The molecule has 0 aromatic rings. The number of rotatable bonds is 8. The first-order valence-corrected chi connectivity index (χ1v) is 5.20. The first-order valence-electron chi connectivity index (χ1n) is 5.20. The lowest BCUT2D eigenvalue weighted by Gasteiger charge is -2.21. The quantitative estimate of drug-likeness (QED) is 0.574. The van der Waals surface area contributed by atoms with Crippen LogP contribution in [0.4, 0.5) is 0 Å². The van der Waals surface area contributed by atoms with Crippen LogP contribution in [0.15, 0.2) is 0 Å². The van der Waals surface area contributed by atoms with Crippen LogP contribution in [0.5, 0.6) is 0 Å². The molecule has 0 fully saturated rings. The number of nitrogens with one attached hydrogen (secondary N) is 1. The minimum absolute atomic E-state index is 0.566. The molecule has 0 rings (SSSR count). The number of likely N-dealkylation sites (N-methyl/N-ethyl adjacent to an activating group) is 2. The Hall–Kier alpha value is -0.120. The average Bonchev–Trinajstić information content (AvgIpc) is 2.05. The Morgan fingerprint density at radius 3 is 2.62 bits per heavy atom. The van der Waals surface area contributed by atoms with Gasteiger partial charge >= 0.3 is 0 Å². The SMILES string of the molecule is CCNC(C)CN(C)CCOCC. The summed E-state index contributed by atoms with van der Waals surface area (Å²) in [6.45, 7) is 11.2. The van der Waals surface area contributed by atoms with E-state index in [-0.39, 0.29) is 0 Å². The molecule has 13 heavy (non-hydrogen) atoms. The van der Waals surface area contributed by atoms with Crippen molar-refractivity contribution in [1.82, 2.24) is 10.2 Å². The van der Waals surface area contributed by atoms with Crippen LogP contribution in [0.2, 0.25) is 0 Å². The van der Waals surface area contributed by atoms with Gasteiger partial charge in [0.1, 0.15) is 0 Å². The highest BCUT2D eigenvalue weighted by molar-refractivity contribution is 4.63. The van der Waals surface area contributed by atoms with E-state index in [1.165, 1.54) is 0 Å². The lowest BCUT2D eigenvalue weighted by atomic mass is 10.3. The lowest BCUT2D eigenvalue weighted by Crippen LogP contribution is -2.38. The zero-order valence-electron chi connectivity index (χ0n) is 9.47. The van der Waals surface area contributed by atoms with Gasteiger partial charge in [-0.2, -0.15) is 0 Å². The van der Waals surface area contributed by atoms with Crippen LogP contribution in [-0.2, 0) is 4.74 Å². The maximum Gasteiger partial charge on any atom is 0.0593 e. The van der Waals surface area contributed by atoms with E-state index >= 15 is 0 Å². The topological polar surface area (TPSA) is 24.5 Å². The van der Waals surface area contributed by atoms with Crippen molar-refractivity contribution in [3.63, 3.8) is 0 Å². The predicted molar refractivity (Wildman–Crippen MR) is 57.1 cm³/mol. The van der Waals surface area contributed by atoms with Crippen LogP contribution in [0.25, 0.3) is 0 Å². The highest BCUT2D eigenvalue weighted by Gasteiger charge is 2.03. The first kappa shape index (κ1) is 12.9. The van der Waals surface area contributed by atoms with E-state index in [1.807, 2.05) is 6.92 Å². The Kier molecular flexibility index (Phi) is 8.40. The summed E-state index contributed by atoms with van der Waals surface area (Å²) < 4.78 is 5.28. The Labute approximate surface area is 82.4 Å². The number of hydrogen-bond donors (Lipinski definition) is 1. The third-order valence-electron chi connectivity index (χ3n) is 1.96. The molecule has 0 aromatic heterocycles. The van der Waals surface area contributed by atoms with Crippen LogP contribution in [0.1, 0.15) is 20.8 Å². The monoisotopic (exact) mass is 188 g/mol. The van der Waals surface area contributed by atoms with Crippen molar-refractivity contribution in [2.24, 2.45) is 0 Å². The fourth-order valence-corrected chi connectivity index (χ4v) is 1.34. The fourth-order valence-electron chi connectivity index (χ4n) is 1.34. The minimum Gasteiger partial charge on any atom is -0.380 e. The molecule has 0 aromatic carbocycles. The molecule has 3 nitrogen and oxygen atoms in total. The zero-order chi connectivity index (χ0) is 10.1. The fraction of sp³-hybridized carbons (Fsp3) is 1.00. The van der Waals surface area contributed by atoms with Gasteiger partial charge in [-0.25, -0.2) is 0 Å². The van der Waals surface area contributed by atoms with Crippen LogP contribution < -0.4 is 5.32 Å². The minimum atomic E-state index is 0.566. The van der Waals surface area contributed by atoms with Gasteiger partial charge in [0.25, 0.3) is 0 Å². The highest BCUT2D eigenvalue weighted by atomic mass is 16.5. The molecule has 1 unspecified atom stereocenters. The van der Waals surface area contributed by atoms with E-state index in [1.54, 1.807) is 0 Å². The van der Waals surface area contributed by atoms with E-state index in [0.29, 0.717) is 6.04 Å². The van der Waals surface area contributed by atoms with Crippen molar-refractivity contribution in [2.75, 3.05) is 39.9 Å². The molecular weight excluding hydrogens is 164 g/mol. The molecule has 1 N–H and O–H groups in total. The predicted octanol–water partition coefficient (Wildman–Crippen LogP) is 0.953. The Morgan fingerprint density at radius 2 is 2.08 bits per heavy atom. The molecule has 1 atom stereocenters. The molecule has 0 aliphatic heterocycles. The first-order chi connectivity index (χ1) is 6.20. The Balaban J connectivity index is 3.32. The van der Waals surface area contributed by atoms with Crippen LogP contribution >= 0.6 is 0 Å². The second-order valence-corrected chi connectivity index (χ2v) is 3.42. The van der Waals surface area contributed by atoms with Gasteiger partial charge in [0.15, 0.2) is 0 Å². The molecule has 0 saturated carbocycles. The second-order valence-electron chi connectivity index (χ2n) is 3.42. The summed E-state index contributed by atoms with van der Waals surface area (Å²) in [4.78, 5) is 2.29. The van der Waals surface area contributed by atoms with Crippen molar-refractivity contribution in [3.05, 3.63) is 0 Å². The van der Waals surface area contributed by atoms with E-state index in [2.05, 4.69) is 31.1 Å². The third kappa shape index (κ3) is 8.22. The summed E-state index contributed by atoms with van der Waals surface area (Å²) in [7, 11) is 2.13. The van der Waals surface area contributed by atoms with Crippen molar-refractivity contribution in [1.29, 1.82) is 0 Å². The smallest absolute Gasteiger partial charge is 0.0593 e. The summed E-state index contributed by atoms with van der Waals surface area (Å²) >= 11 is 0. The summed E-state index contributed by atoms with van der Waals surface area (Å²) in [5, 5.41) is 3.38. The molecule has 0 bridgehead atoms. The van der Waals surface area contributed by atoms with E-state index < -0.39 is 0 Å². The lowest BCUT2D eigenvalue weighted by molar-refractivity contribution is 0.119. The zero-order valence-corrected chi connectivity index (χ0v) is 9.47. The number of nitrogens with zero attached hydrogens (tertiary/aromatic N) is 1. The summed E-state index contributed by atoms with van der Waals surface area (Å²) in [5.41, 5.74) is 0. The van der Waals surface area contributed by atoms with Gasteiger partial charge in [-0.3, -0.25) is 0 Å². The van der Waals surface area contributed by atoms with Crippen molar-refractivity contribution in [2.45, 2.75) is 26.8 Å². The average molecular weight is 188 g/mol. The highest BCUT2D eigenvalue weighted by Crippen LogP contribution is 1.88. The molecule has 3 heteroatoms.